The number of aromatic nitrogens is 2. The van der Waals surface area contributed by atoms with Gasteiger partial charge in [-0.3, -0.25) is 14.2 Å². The topological polar surface area (TPSA) is 105 Å². The second-order valence-electron chi connectivity index (χ2n) is 8.52. The van der Waals surface area contributed by atoms with Gasteiger partial charge in [0.05, 0.1) is 10.9 Å². The number of fused-ring (bicyclic) bond motifs is 1. The first-order chi connectivity index (χ1) is 17.1. The summed E-state index contributed by atoms with van der Waals surface area (Å²) in [5.41, 5.74) is 2.54. The Morgan fingerprint density at radius 3 is 2.09 bits per heavy atom. The Hall–Kier alpha value is -4.46. The second kappa shape index (κ2) is 9.80. The van der Waals surface area contributed by atoms with Crippen LogP contribution in [-0.4, -0.2) is 21.5 Å². The first-order valence-corrected chi connectivity index (χ1v) is 11.6. The highest BCUT2D eigenvalue weighted by atomic mass is 16.2. The van der Waals surface area contributed by atoms with E-state index in [2.05, 4.69) is 20.9 Å². The summed E-state index contributed by atoms with van der Waals surface area (Å²) in [7, 11) is 0. The van der Waals surface area contributed by atoms with Crippen LogP contribution < -0.4 is 21.5 Å². The zero-order chi connectivity index (χ0) is 24.2. The van der Waals surface area contributed by atoms with E-state index in [9.17, 15) is 14.4 Å². The van der Waals surface area contributed by atoms with Gasteiger partial charge in [-0.2, -0.15) is 0 Å². The summed E-state index contributed by atoms with van der Waals surface area (Å²) in [6.45, 7) is 0. The lowest BCUT2D eigenvalue weighted by atomic mass is 10.2. The van der Waals surface area contributed by atoms with Crippen molar-refractivity contribution in [3.05, 3.63) is 95.0 Å². The molecule has 176 valence electrons. The Morgan fingerprint density at radius 2 is 1.40 bits per heavy atom. The van der Waals surface area contributed by atoms with Gasteiger partial charge in [0.15, 0.2) is 0 Å². The number of aryl methyl sites for hydroxylation is 1. The molecule has 3 N–H and O–H groups in total. The minimum Gasteiger partial charge on any atom is -0.326 e. The van der Waals surface area contributed by atoms with Crippen molar-refractivity contribution < 1.29 is 9.59 Å². The molecular weight excluding hydrogens is 442 g/mol. The Morgan fingerprint density at radius 1 is 0.800 bits per heavy atom. The van der Waals surface area contributed by atoms with E-state index in [4.69, 9.17) is 0 Å². The van der Waals surface area contributed by atoms with Crippen molar-refractivity contribution in [1.29, 1.82) is 0 Å². The molecule has 1 aliphatic carbocycles. The highest BCUT2D eigenvalue weighted by molar-refractivity contribution is 6.00. The lowest BCUT2D eigenvalue weighted by Crippen LogP contribution is -2.25. The smallest absolute Gasteiger partial charge is 0.323 e. The molecule has 35 heavy (non-hydrogen) atoms. The Labute approximate surface area is 202 Å². The van der Waals surface area contributed by atoms with Gasteiger partial charge >= 0.3 is 6.03 Å². The van der Waals surface area contributed by atoms with Crippen LogP contribution >= 0.6 is 0 Å². The molecule has 1 aromatic heterocycles. The first kappa shape index (κ1) is 22.3. The minimum absolute atomic E-state index is 0.0344. The van der Waals surface area contributed by atoms with Crippen LogP contribution in [0.3, 0.4) is 0 Å². The molecule has 8 heteroatoms. The number of anilines is 3. The summed E-state index contributed by atoms with van der Waals surface area (Å²) in [6.07, 6.45) is 2.50. The summed E-state index contributed by atoms with van der Waals surface area (Å²) >= 11 is 0. The number of para-hydroxylation sites is 2. The van der Waals surface area contributed by atoms with Crippen LogP contribution in [0.1, 0.15) is 31.1 Å². The predicted octanol–water partition coefficient (Wildman–Crippen LogP) is 4.95. The van der Waals surface area contributed by atoms with E-state index in [0.29, 0.717) is 40.2 Å². The van der Waals surface area contributed by atoms with Crippen LogP contribution in [0.25, 0.3) is 10.9 Å². The molecule has 1 fully saturated rings. The third kappa shape index (κ3) is 5.38. The fourth-order valence-corrected chi connectivity index (χ4v) is 3.98. The van der Waals surface area contributed by atoms with Crippen molar-refractivity contribution in [1.82, 2.24) is 9.55 Å². The average molecular weight is 468 g/mol. The average Bonchev–Trinajstić information content (AvgIpc) is 3.70. The zero-order valence-electron chi connectivity index (χ0n) is 19.0. The number of rotatable bonds is 7. The summed E-state index contributed by atoms with van der Waals surface area (Å²) in [6, 6.07) is 23.2. The fourth-order valence-electron chi connectivity index (χ4n) is 3.98. The van der Waals surface area contributed by atoms with Crippen molar-refractivity contribution in [2.75, 3.05) is 16.0 Å². The van der Waals surface area contributed by atoms with Gasteiger partial charge in [-0.15, -0.1) is 0 Å². The summed E-state index contributed by atoms with van der Waals surface area (Å²) in [5.74, 6) is 0.479. The van der Waals surface area contributed by atoms with Crippen molar-refractivity contribution >= 4 is 39.9 Å². The van der Waals surface area contributed by atoms with Gasteiger partial charge in [-0.05, 0) is 61.4 Å². The van der Waals surface area contributed by atoms with Gasteiger partial charge in [0, 0.05) is 35.9 Å². The number of carbonyl (C=O) groups is 2. The van der Waals surface area contributed by atoms with E-state index in [-0.39, 0.29) is 30.0 Å². The Balaban J connectivity index is 1.19. The molecule has 0 saturated heterocycles. The number of hydrogen-bond donors (Lipinski definition) is 3. The van der Waals surface area contributed by atoms with Crippen molar-refractivity contribution in [3.8, 4) is 0 Å². The van der Waals surface area contributed by atoms with E-state index >= 15 is 0 Å². The summed E-state index contributed by atoms with van der Waals surface area (Å²) in [5, 5.41) is 8.98. The molecule has 0 unspecified atom stereocenters. The molecule has 3 amide bonds. The van der Waals surface area contributed by atoms with Gasteiger partial charge < -0.3 is 16.0 Å². The van der Waals surface area contributed by atoms with Crippen molar-refractivity contribution in [2.24, 2.45) is 0 Å². The van der Waals surface area contributed by atoms with E-state index in [1.165, 1.54) is 0 Å². The van der Waals surface area contributed by atoms with Gasteiger partial charge in [0.1, 0.15) is 5.82 Å². The van der Waals surface area contributed by atoms with Crippen molar-refractivity contribution in [3.63, 3.8) is 0 Å². The van der Waals surface area contributed by atoms with E-state index < -0.39 is 0 Å². The molecule has 4 aromatic rings. The first-order valence-electron chi connectivity index (χ1n) is 11.6. The van der Waals surface area contributed by atoms with E-state index in [0.717, 1.165) is 12.8 Å². The second-order valence-corrected chi connectivity index (χ2v) is 8.52. The molecule has 1 aliphatic rings. The standard InChI is InChI=1S/C27H25N5O3/c33-25(17-16-24-31-23-9-5-4-8-22(23)26(34)32(24)21-14-15-21)28-19-10-12-20(13-11-19)30-27(35)29-18-6-2-1-3-7-18/h1-13,21H,14-17H2,(H,28,33)(H2,29,30,35). The highest BCUT2D eigenvalue weighted by Gasteiger charge is 2.28. The number of benzene rings is 3. The third-order valence-electron chi connectivity index (χ3n) is 5.83. The van der Waals surface area contributed by atoms with Crippen LogP contribution in [-0.2, 0) is 11.2 Å². The van der Waals surface area contributed by atoms with Gasteiger partial charge in [-0.1, -0.05) is 30.3 Å². The van der Waals surface area contributed by atoms with Crippen LogP contribution in [0.5, 0.6) is 0 Å². The highest BCUT2D eigenvalue weighted by Crippen LogP contribution is 2.35. The maximum absolute atomic E-state index is 13.0. The molecule has 0 radical (unpaired) electrons. The minimum atomic E-state index is -0.349. The number of carbonyl (C=O) groups excluding carboxylic acids is 2. The van der Waals surface area contributed by atoms with E-state index in [1.807, 2.05) is 36.4 Å². The van der Waals surface area contributed by atoms with Gasteiger partial charge in [0.25, 0.3) is 5.56 Å². The zero-order valence-corrected chi connectivity index (χ0v) is 19.0. The lowest BCUT2D eigenvalue weighted by molar-refractivity contribution is -0.116. The molecule has 1 heterocycles. The largest absolute Gasteiger partial charge is 0.326 e. The Kier molecular flexibility index (Phi) is 6.26. The predicted molar refractivity (Wildman–Crippen MR) is 137 cm³/mol. The molecule has 0 bridgehead atoms. The number of nitrogens with zero attached hydrogens (tertiary/aromatic N) is 2. The maximum Gasteiger partial charge on any atom is 0.323 e. The van der Waals surface area contributed by atoms with Crippen LogP contribution in [0.4, 0.5) is 21.9 Å². The normalized spacial score (nSPS) is 12.8. The Bertz CT molecular complexity index is 1430. The summed E-state index contributed by atoms with van der Waals surface area (Å²) in [4.78, 5) is 42.4. The lowest BCUT2D eigenvalue weighted by Gasteiger charge is -2.13. The molecule has 0 aliphatic heterocycles. The molecule has 0 spiro atoms. The SMILES string of the molecule is O=C(CCc1nc2ccccc2c(=O)n1C1CC1)Nc1ccc(NC(=O)Nc2ccccc2)cc1. The summed E-state index contributed by atoms with van der Waals surface area (Å²) < 4.78 is 1.76. The number of amides is 3. The molecule has 3 aromatic carbocycles. The number of urea groups is 1. The number of hydrogen-bond acceptors (Lipinski definition) is 4. The van der Waals surface area contributed by atoms with Gasteiger partial charge in [0.2, 0.25) is 5.91 Å². The molecule has 5 rings (SSSR count). The van der Waals surface area contributed by atoms with Crippen LogP contribution in [0, 0.1) is 0 Å². The maximum atomic E-state index is 13.0. The van der Waals surface area contributed by atoms with Crippen molar-refractivity contribution in [2.45, 2.75) is 31.7 Å². The molecule has 0 atom stereocenters. The van der Waals surface area contributed by atoms with Crippen LogP contribution in [0.15, 0.2) is 83.7 Å². The molecule has 1 saturated carbocycles. The van der Waals surface area contributed by atoms with E-state index in [1.54, 1.807) is 47.0 Å². The fraction of sp³-hybridized carbons (Fsp3) is 0.185. The number of nitrogens with one attached hydrogen (secondary N) is 3. The molecule has 8 nitrogen and oxygen atoms in total. The quantitative estimate of drug-likeness (QED) is 0.358. The monoisotopic (exact) mass is 467 g/mol. The third-order valence-corrected chi connectivity index (χ3v) is 5.83. The van der Waals surface area contributed by atoms with Gasteiger partial charge in [-0.25, -0.2) is 9.78 Å². The van der Waals surface area contributed by atoms with Crippen LogP contribution in [0.2, 0.25) is 0 Å². The molecular formula is C27H25N5O3.